The van der Waals surface area contributed by atoms with E-state index in [9.17, 15) is 4.79 Å². The fourth-order valence-electron chi connectivity index (χ4n) is 1.15. The van der Waals surface area contributed by atoms with Gasteiger partial charge in [-0.1, -0.05) is 22.0 Å². The summed E-state index contributed by atoms with van der Waals surface area (Å²) in [6.45, 7) is 2.05. The molecule has 0 aliphatic rings. The smallest absolute Gasteiger partial charge is 0.404 e. The Morgan fingerprint density at radius 2 is 2.12 bits per heavy atom. The highest BCUT2D eigenvalue weighted by Gasteiger charge is 1.95. The molecule has 1 rings (SSSR count). The molecule has 0 radical (unpaired) electrons. The monoisotopic (exact) mass is 302 g/mol. The Bertz CT molecular complexity index is 360. The summed E-state index contributed by atoms with van der Waals surface area (Å²) < 4.78 is 11.0. The van der Waals surface area contributed by atoms with Crippen molar-refractivity contribution in [2.45, 2.75) is 0 Å². The van der Waals surface area contributed by atoms with Crippen molar-refractivity contribution in [2.24, 2.45) is 5.73 Å². The fraction of sp³-hybridized carbons (Fsp3) is 0.364. The Morgan fingerprint density at radius 1 is 1.35 bits per heavy atom. The first-order chi connectivity index (χ1) is 8.18. The van der Waals surface area contributed by atoms with E-state index in [1.54, 1.807) is 0 Å². The number of nitrogens with one attached hydrogen (secondary N) is 1. The number of amides is 1. The van der Waals surface area contributed by atoms with Gasteiger partial charge in [0.2, 0.25) is 0 Å². The first kappa shape index (κ1) is 13.8. The third-order valence-electron chi connectivity index (χ3n) is 1.87. The standard InChI is InChI=1S/C11H15BrN2O3/c12-9-2-1-3-10(8-9)16-6-4-14-5-7-17-11(13)15/h1-3,8,14H,4-7H2,(H2,13,15). The lowest BCUT2D eigenvalue weighted by Gasteiger charge is -2.07. The minimum atomic E-state index is -0.753. The van der Waals surface area contributed by atoms with E-state index in [0.29, 0.717) is 19.7 Å². The van der Waals surface area contributed by atoms with Gasteiger partial charge in [-0.15, -0.1) is 0 Å². The lowest BCUT2D eigenvalue weighted by Crippen LogP contribution is -2.27. The van der Waals surface area contributed by atoms with Crippen molar-refractivity contribution in [3.63, 3.8) is 0 Å². The third-order valence-corrected chi connectivity index (χ3v) is 2.36. The molecule has 1 amide bonds. The molecule has 0 saturated heterocycles. The number of halogens is 1. The van der Waals surface area contributed by atoms with Gasteiger partial charge < -0.3 is 20.5 Å². The van der Waals surface area contributed by atoms with Gasteiger partial charge in [0, 0.05) is 17.6 Å². The predicted octanol–water partition coefficient (Wildman–Crippen LogP) is 1.51. The summed E-state index contributed by atoms with van der Waals surface area (Å²) in [4.78, 5) is 10.2. The Hall–Kier alpha value is -1.27. The van der Waals surface area contributed by atoms with Gasteiger partial charge in [0.25, 0.3) is 0 Å². The maximum atomic E-state index is 10.2. The van der Waals surface area contributed by atoms with Crippen LogP contribution >= 0.6 is 15.9 Å². The van der Waals surface area contributed by atoms with Crippen LogP contribution in [0.4, 0.5) is 4.79 Å². The molecule has 5 nitrogen and oxygen atoms in total. The summed E-state index contributed by atoms with van der Waals surface area (Å²) >= 11 is 3.36. The highest BCUT2D eigenvalue weighted by atomic mass is 79.9. The molecule has 0 aliphatic heterocycles. The van der Waals surface area contributed by atoms with Gasteiger partial charge in [-0.05, 0) is 18.2 Å². The van der Waals surface area contributed by atoms with Crippen LogP contribution < -0.4 is 15.8 Å². The molecule has 0 bridgehead atoms. The molecular formula is C11H15BrN2O3. The fourth-order valence-corrected chi connectivity index (χ4v) is 1.52. The molecule has 1 aromatic rings. The maximum Gasteiger partial charge on any atom is 0.404 e. The van der Waals surface area contributed by atoms with Crippen molar-refractivity contribution in [1.82, 2.24) is 5.32 Å². The van der Waals surface area contributed by atoms with Crippen molar-refractivity contribution in [2.75, 3.05) is 26.3 Å². The molecule has 6 heteroatoms. The van der Waals surface area contributed by atoms with E-state index in [-0.39, 0.29) is 6.61 Å². The van der Waals surface area contributed by atoms with E-state index in [0.717, 1.165) is 10.2 Å². The van der Waals surface area contributed by atoms with Gasteiger partial charge in [0.05, 0.1) is 0 Å². The average Bonchev–Trinajstić information content (AvgIpc) is 2.27. The minimum Gasteiger partial charge on any atom is -0.492 e. The zero-order valence-corrected chi connectivity index (χ0v) is 10.9. The number of benzene rings is 1. The Balaban J connectivity index is 2.03. The van der Waals surface area contributed by atoms with E-state index in [4.69, 9.17) is 10.5 Å². The molecule has 0 atom stereocenters. The molecule has 3 N–H and O–H groups in total. The van der Waals surface area contributed by atoms with Crippen molar-refractivity contribution in [1.29, 1.82) is 0 Å². The van der Waals surface area contributed by atoms with Crippen molar-refractivity contribution in [3.8, 4) is 5.75 Å². The number of ether oxygens (including phenoxy) is 2. The van der Waals surface area contributed by atoms with Gasteiger partial charge in [0.1, 0.15) is 19.0 Å². The van der Waals surface area contributed by atoms with Crippen LogP contribution in [0.2, 0.25) is 0 Å². The van der Waals surface area contributed by atoms with E-state index in [1.807, 2.05) is 24.3 Å². The van der Waals surface area contributed by atoms with E-state index in [2.05, 4.69) is 26.0 Å². The van der Waals surface area contributed by atoms with Crippen LogP contribution in [0.1, 0.15) is 0 Å². The van der Waals surface area contributed by atoms with E-state index < -0.39 is 6.09 Å². The van der Waals surface area contributed by atoms with Crippen molar-refractivity contribution in [3.05, 3.63) is 28.7 Å². The summed E-state index contributed by atoms with van der Waals surface area (Å²) in [7, 11) is 0. The zero-order valence-electron chi connectivity index (χ0n) is 9.32. The first-order valence-corrected chi connectivity index (χ1v) is 5.99. The number of carbonyl (C=O) groups is 1. The number of primary amides is 1. The molecule has 0 saturated carbocycles. The lowest BCUT2D eigenvalue weighted by atomic mass is 10.3. The minimum absolute atomic E-state index is 0.270. The second-order valence-corrected chi connectivity index (χ2v) is 4.14. The number of rotatable bonds is 7. The van der Waals surface area contributed by atoms with Crippen molar-refractivity contribution < 1.29 is 14.3 Å². The van der Waals surface area contributed by atoms with Gasteiger partial charge >= 0.3 is 6.09 Å². The molecule has 17 heavy (non-hydrogen) atoms. The van der Waals surface area contributed by atoms with Crippen LogP contribution in [0.5, 0.6) is 5.75 Å². The quantitative estimate of drug-likeness (QED) is 0.749. The molecule has 0 aromatic heterocycles. The zero-order chi connectivity index (χ0) is 12.5. The Kier molecular flexibility index (Phi) is 6.42. The number of hydrogen-bond donors (Lipinski definition) is 2. The molecule has 94 valence electrons. The molecule has 0 fully saturated rings. The highest BCUT2D eigenvalue weighted by Crippen LogP contribution is 2.17. The topological polar surface area (TPSA) is 73.6 Å². The Labute approximate surface area is 108 Å². The first-order valence-electron chi connectivity index (χ1n) is 5.20. The van der Waals surface area contributed by atoms with Gasteiger partial charge in [-0.3, -0.25) is 0 Å². The van der Waals surface area contributed by atoms with Gasteiger partial charge in [0.15, 0.2) is 0 Å². The average molecular weight is 303 g/mol. The number of carbonyl (C=O) groups excluding carboxylic acids is 1. The lowest BCUT2D eigenvalue weighted by molar-refractivity contribution is 0.157. The summed E-state index contributed by atoms with van der Waals surface area (Å²) in [5.41, 5.74) is 4.81. The highest BCUT2D eigenvalue weighted by molar-refractivity contribution is 9.10. The van der Waals surface area contributed by atoms with Crippen LogP contribution in [-0.2, 0) is 4.74 Å². The van der Waals surface area contributed by atoms with Crippen LogP contribution in [-0.4, -0.2) is 32.4 Å². The van der Waals surface area contributed by atoms with Gasteiger partial charge in [-0.25, -0.2) is 4.79 Å². The number of nitrogens with two attached hydrogens (primary N) is 1. The van der Waals surface area contributed by atoms with E-state index >= 15 is 0 Å². The normalized spacial score (nSPS) is 9.94. The number of hydrogen-bond acceptors (Lipinski definition) is 4. The molecule has 0 heterocycles. The van der Waals surface area contributed by atoms with Crippen molar-refractivity contribution >= 4 is 22.0 Å². The summed E-state index contributed by atoms with van der Waals surface area (Å²) in [6.07, 6.45) is -0.753. The second-order valence-electron chi connectivity index (χ2n) is 3.22. The van der Waals surface area contributed by atoms with Crippen LogP contribution in [0, 0.1) is 0 Å². The molecule has 0 aliphatic carbocycles. The second kappa shape index (κ2) is 7.92. The third kappa shape index (κ3) is 6.80. The maximum absolute atomic E-state index is 10.2. The molecule has 1 aromatic carbocycles. The predicted molar refractivity (Wildman–Crippen MR) is 68.0 cm³/mol. The largest absolute Gasteiger partial charge is 0.492 e. The Morgan fingerprint density at radius 3 is 2.82 bits per heavy atom. The molecule has 0 spiro atoms. The van der Waals surface area contributed by atoms with Crippen LogP contribution in [0.25, 0.3) is 0 Å². The van der Waals surface area contributed by atoms with Crippen LogP contribution in [0.3, 0.4) is 0 Å². The summed E-state index contributed by atoms with van der Waals surface area (Å²) in [5, 5.41) is 3.06. The summed E-state index contributed by atoms with van der Waals surface area (Å²) in [5.74, 6) is 0.814. The van der Waals surface area contributed by atoms with E-state index in [1.165, 1.54) is 0 Å². The van der Waals surface area contributed by atoms with Crippen LogP contribution in [0.15, 0.2) is 28.7 Å². The van der Waals surface area contributed by atoms with Gasteiger partial charge in [-0.2, -0.15) is 0 Å². The molecule has 0 unspecified atom stereocenters. The SMILES string of the molecule is NC(=O)OCCNCCOc1cccc(Br)c1. The molecular weight excluding hydrogens is 288 g/mol. The summed E-state index contributed by atoms with van der Waals surface area (Å²) in [6, 6.07) is 7.64.